The van der Waals surface area contributed by atoms with Crippen molar-refractivity contribution in [3.63, 3.8) is 0 Å². The molecule has 0 amide bonds. The van der Waals surface area contributed by atoms with Gasteiger partial charge >= 0.3 is 0 Å². The molecule has 4 rings (SSSR count). The zero-order chi connectivity index (χ0) is 16.7. The topological polar surface area (TPSA) is 93.0 Å². The number of rotatable bonds is 2. The summed E-state index contributed by atoms with van der Waals surface area (Å²) in [6.45, 7) is 6.28. The van der Waals surface area contributed by atoms with Gasteiger partial charge in [0, 0.05) is 24.3 Å². The van der Waals surface area contributed by atoms with E-state index in [-0.39, 0.29) is 6.04 Å². The van der Waals surface area contributed by atoms with Crippen molar-refractivity contribution in [2.75, 3.05) is 30.4 Å². The van der Waals surface area contributed by atoms with Gasteiger partial charge in [-0.1, -0.05) is 0 Å². The summed E-state index contributed by atoms with van der Waals surface area (Å²) < 4.78 is 5.53. The predicted octanol–water partition coefficient (Wildman–Crippen LogP) is 2.14. The molecule has 3 N–H and O–H groups in total. The van der Waals surface area contributed by atoms with Crippen molar-refractivity contribution in [3.05, 3.63) is 30.1 Å². The molecule has 24 heavy (non-hydrogen) atoms. The zero-order valence-corrected chi connectivity index (χ0v) is 13.8. The average molecular weight is 324 g/mol. The molecule has 1 aliphatic heterocycles. The first-order valence-corrected chi connectivity index (χ1v) is 8.05. The van der Waals surface area contributed by atoms with Crippen LogP contribution >= 0.6 is 0 Å². The van der Waals surface area contributed by atoms with E-state index in [1.807, 2.05) is 25.3 Å². The maximum atomic E-state index is 6.33. The first-order valence-electron chi connectivity index (χ1n) is 8.05. The molecule has 4 heterocycles. The van der Waals surface area contributed by atoms with Gasteiger partial charge in [0.25, 0.3) is 0 Å². The molecule has 1 atom stereocenters. The fourth-order valence-electron chi connectivity index (χ4n) is 3.15. The van der Waals surface area contributed by atoms with Crippen molar-refractivity contribution in [3.8, 4) is 11.4 Å². The molecule has 0 unspecified atom stereocenters. The van der Waals surface area contributed by atoms with Gasteiger partial charge in [-0.25, -0.2) is 4.98 Å². The largest absolute Gasteiger partial charge is 0.396 e. The molecule has 0 radical (unpaired) electrons. The lowest BCUT2D eigenvalue weighted by Gasteiger charge is -2.35. The minimum absolute atomic E-state index is 0.236. The van der Waals surface area contributed by atoms with E-state index >= 15 is 0 Å². The van der Waals surface area contributed by atoms with Crippen LogP contribution in [0.4, 0.5) is 11.5 Å². The van der Waals surface area contributed by atoms with Gasteiger partial charge in [-0.15, -0.1) is 0 Å². The van der Waals surface area contributed by atoms with E-state index in [0.29, 0.717) is 18.9 Å². The number of aromatic nitrogens is 4. The van der Waals surface area contributed by atoms with Crippen LogP contribution in [0.5, 0.6) is 0 Å². The van der Waals surface area contributed by atoms with Crippen molar-refractivity contribution >= 4 is 22.4 Å². The number of aryl methyl sites for hydroxylation is 1. The van der Waals surface area contributed by atoms with Crippen LogP contribution < -0.4 is 10.6 Å². The Morgan fingerprint density at radius 2 is 2.29 bits per heavy atom. The number of nitrogens with zero attached hydrogens (tertiary/aromatic N) is 4. The van der Waals surface area contributed by atoms with Crippen molar-refractivity contribution in [2.24, 2.45) is 0 Å². The summed E-state index contributed by atoms with van der Waals surface area (Å²) >= 11 is 0. The third-order valence-electron chi connectivity index (χ3n) is 4.46. The van der Waals surface area contributed by atoms with Gasteiger partial charge in [0.1, 0.15) is 11.2 Å². The molecular weight excluding hydrogens is 304 g/mol. The Morgan fingerprint density at radius 3 is 3.04 bits per heavy atom. The number of pyridine rings is 2. The molecule has 0 aromatic carbocycles. The van der Waals surface area contributed by atoms with E-state index in [4.69, 9.17) is 15.5 Å². The van der Waals surface area contributed by atoms with Crippen molar-refractivity contribution < 1.29 is 4.74 Å². The first kappa shape index (κ1) is 14.9. The molecule has 0 aliphatic carbocycles. The summed E-state index contributed by atoms with van der Waals surface area (Å²) in [4.78, 5) is 11.7. The molecular formula is C17H20N6O. The number of morpholine rings is 1. The second kappa shape index (κ2) is 5.76. The Bertz CT molecular complexity index is 876. The second-order valence-electron chi connectivity index (χ2n) is 6.17. The van der Waals surface area contributed by atoms with Gasteiger partial charge in [0.05, 0.1) is 30.6 Å². The van der Waals surface area contributed by atoms with Crippen LogP contribution in [0, 0.1) is 6.92 Å². The molecule has 1 aliphatic rings. The summed E-state index contributed by atoms with van der Waals surface area (Å²) in [7, 11) is 0. The van der Waals surface area contributed by atoms with E-state index in [1.165, 1.54) is 0 Å². The normalized spacial score (nSPS) is 18.2. The quantitative estimate of drug-likeness (QED) is 0.750. The van der Waals surface area contributed by atoms with Crippen LogP contribution in [-0.4, -0.2) is 46.0 Å². The highest BCUT2D eigenvalue weighted by molar-refractivity contribution is 5.96. The van der Waals surface area contributed by atoms with Gasteiger partial charge in [0.15, 0.2) is 5.82 Å². The standard InChI is InChI=1S/C17H20N6O/c1-10-8-19-16(14-3-4-20-22-14)15-12(10)7-13(18)17(21-15)23-5-6-24-9-11(23)2/h3-4,7-8,11H,5-6,9,18H2,1-2H3,(H,20,22)/t11-/m1/s1. The van der Waals surface area contributed by atoms with Crippen LogP contribution in [-0.2, 0) is 4.74 Å². The Hall–Kier alpha value is -2.67. The van der Waals surface area contributed by atoms with Crippen LogP contribution in [0.25, 0.3) is 22.3 Å². The number of anilines is 2. The van der Waals surface area contributed by atoms with Gasteiger partial charge in [-0.05, 0) is 31.5 Å². The van der Waals surface area contributed by atoms with Crippen molar-refractivity contribution in [1.29, 1.82) is 0 Å². The van der Waals surface area contributed by atoms with Gasteiger partial charge < -0.3 is 15.4 Å². The van der Waals surface area contributed by atoms with E-state index in [0.717, 1.165) is 40.2 Å². The minimum Gasteiger partial charge on any atom is -0.396 e. The summed E-state index contributed by atoms with van der Waals surface area (Å²) in [6.07, 6.45) is 3.56. The number of hydrogen-bond acceptors (Lipinski definition) is 6. The number of H-pyrrole nitrogens is 1. The summed E-state index contributed by atoms with van der Waals surface area (Å²) in [5.74, 6) is 0.798. The first-order chi connectivity index (χ1) is 11.6. The SMILES string of the molecule is Cc1cnc(-c2ccn[nH]2)c2nc(N3CCOC[C@H]3C)c(N)cc12. The minimum atomic E-state index is 0.236. The van der Waals surface area contributed by atoms with E-state index in [1.54, 1.807) is 6.20 Å². The summed E-state index contributed by atoms with van der Waals surface area (Å²) in [5, 5.41) is 8.01. The van der Waals surface area contributed by atoms with Gasteiger partial charge in [-0.2, -0.15) is 5.10 Å². The second-order valence-corrected chi connectivity index (χ2v) is 6.17. The number of hydrogen-bond donors (Lipinski definition) is 2. The highest BCUT2D eigenvalue weighted by Crippen LogP contribution is 2.33. The molecule has 0 spiro atoms. The van der Waals surface area contributed by atoms with E-state index < -0.39 is 0 Å². The predicted molar refractivity (Wildman–Crippen MR) is 93.9 cm³/mol. The summed E-state index contributed by atoms with van der Waals surface area (Å²) in [6, 6.07) is 4.13. The number of fused-ring (bicyclic) bond motifs is 1. The van der Waals surface area contributed by atoms with Crippen molar-refractivity contribution in [1.82, 2.24) is 20.2 Å². The molecule has 124 valence electrons. The highest BCUT2D eigenvalue weighted by atomic mass is 16.5. The molecule has 0 bridgehead atoms. The number of aromatic amines is 1. The summed E-state index contributed by atoms with van der Waals surface area (Å²) in [5.41, 5.74) is 10.5. The lowest BCUT2D eigenvalue weighted by Crippen LogP contribution is -2.44. The third-order valence-corrected chi connectivity index (χ3v) is 4.46. The van der Waals surface area contributed by atoms with E-state index in [2.05, 4.69) is 27.0 Å². The number of nitrogens with one attached hydrogen (secondary N) is 1. The molecule has 0 saturated carbocycles. The maximum absolute atomic E-state index is 6.33. The van der Waals surface area contributed by atoms with Crippen LogP contribution in [0.3, 0.4) is 0 Å². The fraction of sp³-hybridized carbons (Fsp3) is 0.353. The monoisotopic (exact) mass is 324 g/mol. The average Bonchev–Trinajstić information content (AvgIpc) is 3.10. The van der Waals surface area contributed by atoms with Crippen LogP contribution in [0.15, 0.2) is 24.5 Å². The van der Waals surface area contributed by atoms with E-state index in [9.17, 15) is 0 Å². The Morgan fingerprint density at radius 1 is 1.42 bits per heavy atom. The Labute approximate surface area is 139 Å². The molecule has 7 heteroatoms. The molecule has 1 fully saturated rings. The highest BCUT2D eigenvalue weighted by Gasteiger charge is 2.23. The van der Waals surface area contributed by atoms with Crippen LogP contribution in [0.1, 0.15) is 12.5 Å². The smallest absolute Gasteiger partial charge is 0.153 e. The number of nitrogens with two attached hydrogens (primary N) is 1. The number of nitrogen functional groups attached to an aromatic ring is 1. The molecule has 1 saturated heterocycles. The maximum Gasteiger partial charge on any atom is 0.153 e. The lowest BCUT2D eigenvalue weighted by molar-refractivity contribution is 0.0986. The van der Waals surface area contributed by atoms with Crippen LogP contribution in [0.2, 0.25) is 0 Å². The van der Waals surface area contributed by atoms with Gasteiger partial charge in [-0.3, -0.25) is 10.1 Å². The molecule has 7 nitrogen and oxygen atoms in total. The van der Waals surface area contributed by atoms with Crippen molar-refractivity contribution in [2.45, 2.75) is 19.9 Å². The Kier molecular flexibility index (Phi) is 3.57. The zero-order valence-electron chi connectivity index (χ0n) is 13.8. The molecule has 3 aromatic heterocycles. The van der Waals surface area contributed by atoms with Gasteiger partial charge in [0.2, 0.25) is 0 Å². The fourth-order valence-corrected chi connectivity index (χ4v) is 3.15. The molecule has 3 aromatic rings. The number of ether oxygens (including phenoxy) is 1. The Balaban J connectivity index is 1.93. The lowest BCUT2D eigenvalue weighted by atomic mass is 10.1. The third kappa shape index (κ3) is 2.37.